The first kappa shape index (κ1) is 14.1. The van der Waals surface area contributed by atoms with E-state index in [1.807, 2.05) is 6.07 Å². The van der Waals surface area contributed by atoms with Gasteiger partial charge in [0.2, 0.25) is 0 Å². The van der Waals surface area contributed by atoms with E-state index in [-0.39, 0.29) is 0 Å². The molecule has 1 aliphatic carbocycles. The molecule has 3 nitrogen and oxygen atoms in total. The van der Waals surface area contributed by atoms with Gasteiger partial charge in [0.15, 0.2) is 0 Å². The van der Waals surface area contributed by atoms with Crippen molar-refractivity contribution in [2.24, 2.45) is 5.41 Å². The molecule has 1 aliphatic rings. The average molecular weight is 316 g/mol. The Morgan fingerprint density at radius 3 is 2.56 bits per heavy atom. The van der Waals surface area contributed by atoms with Gasteiger partial charge in [-0.1, -0.05) is 13.8 Å². The number of hydrogen-bond acceptors (Lipinski definition) is 3. The summed E-state index contributed by atoms with van der Waals surface area (Å²) in [5.74, 6) is 0.884. The van der Waals surface area contributed by atoms with E-state index in [4.69, 9.17) is 4.42 Å². The highest BCUT2D eigenvalue weighted by molar-refractivity contribution is 9.10. The van der Waals surface area contributed by atoms with E-state index in [1.165, 1.54) is 0 Å². The number of furan rings is 1. The minimum atomic E-state index is -0.547. The summed E-state index contributed by atoms with van der Waals surface area (Å²) in [6.07, 6.45) is 5.61. The first-order valence-electron chi connectivity index (χ1n) is 6.55. The monoisotopic (exact) mass is 315 g/mol. The van der Waals surface area contributed by atoms with Gasteiger partial charge in [-0.3, -0.25) is 0 Å². The molecule has 1 fully saturated rings. The van der Waals surface area contributed by atoms with E-state index in [1.54, 1.807) is 6.26 Å². The molecule has 1 heterocycles. The van der Waals surface area contributed by atoms with Gasteiger partial charge in [0.25, 0.3) is 0 Å². The molecule has 18 heavy (non-hydrogen) atoms. The lowest BCUT2D eigenvalue weighted by atomic mass is 9.71. The smallest absolute Gasteiger partial charge is 0.131 e. The van der Waals surface area contributed by atoms with Gasteiger partial charge >= 0.3 is 0 Å². The number of nitrogens with one attached hydrogen (secondary N) is 1. The zero-order valence-corrected chi connectivity index (χ0v) is 12.7. The van der Waals surface area contributed by atoms with Crippen LogP contribution in [0, 0.1) is 5.41 Å². The van der Waals surface area contributed by atoms with Crippen LogP contribution in [-0.2, 0) is 6.54 Å². The van der Waals surface area contributed by atoms with Crippen LogP contribution < -0.4 is 5.32 Å². The molecule has 1 saturated carbocycles. The van der Waals surface area contributed by atoms with Crippen LogP contribution in [0.5, 0.6) is 0 Å². The van der Waals surface area contributed by atoms with Crippen molar-refractivity contribution in [3.05, 3.63) is 22.6 Å². The standard InChI is InChI=1S/C14H22BrNO2/c1-13(2)4-6-14(17,7-5-13)10-16-9-12-11(15)3-8-18-12/h3,8,16-17H,4-7,9-10H2,1-2H3. The molecule has 0 aliphatic heterocycles. The van der Waals surface area contributed by atoms with E-state index in [0.717, 1.165) is 35.9 Å². The fourth-order valence-corrected chi connectivity index (χ4v) is 2.77. The average Bonchev–Trinajstić information content (AvgIpc) is 2.70. The molecule has 102 valence electrons. The maximum Gasteiger partial charge on any atom is 0.131 e. The van der Waals surface area contributed by atoms with E-state index >= 15 is 0 Å². The first-order chi connectivity index (χ1) is 8.40. The van der Waals surface area contributed by atoms with Crippen LogP contribution in [0.3, 0.4) is 0 Å². The van der Waals surface area contributed by atoms with Crippen molar-refractivity contribution >= 4 is 15.9 Å². The lowest BCUT2D eigenvalue weighted by Crippen LogP contribution is -2.44. The fourth-order valence-electron chi connectivity index (χ4n) is 2.43. The molecule has 0 aromatic carbocycles. The van der Waals surface area contributed by atoms with Gasteiger partial charge in [-0.2, -0.15) is 0 Å². The first-order valence-corrected chi connectivity index (χ1v) is 7.35. The number of hydrogen-bond donors (Lipinski definition) is 2. The molecule has 1 aromatic heterocycles. The summed E-state index contributed by atoms with van der Waals surface area (Å²) in [5.41, 5.74) is -0.162. The molecule has 2 rings (SSSR count). The summed E-state index contributed by atoms with van der Waals surface area (Å²) in [7, 11) is 0. The van der Waals surface area contributed by atoms with E-state index in [2.05, 4.69) is 35.1 Å². The highest BCUT2D eigenvalue weighted by atomic mass is 79.9. The number of halogens is 1. The van der Waals surface area contributed by atoms with Crippen LogP contribution in [0.1, 0.15) is 45.3 Å². The van der Waals surface area contributed by atoms with Crippen molar-refractivity contribution in [2.75, 3.05) is 6.54 Å². The second-order valence-corrected chi connectivity index (χ2v) is 7.04. The molecule has 0 bridgehead atoms. The van der Waals surface area contributed by atoms with E-state index < -0.39 is 5.60 Å². The highest BCUT2D eigenvalue weighted by Gasteiger charge is 2.36. The normalized spacial score (nSPS) is 22.0. The molecule has 0 saturated heterocycles. The minimum Gasteiger partial charge on any atom is -0.467 e. The quantitative estimate of drug-likeness (QED) is 0.894. The Morgan fingerprint density at radius 2 is 2.00 bits per heavy atom. The van der Waals surface area contributed by atoms with Crippen molar-refractivity contribution in [1.29, 1.82) is 0 Å². The lowest BCUT2D eigenvalue weighted by molar-refractivity contribution is -0.0247. The molecule has 4 heteroatoms. The van der Waals surface area contributed by atoms with Gasteiger partial charge < -0.3 is 14.8 Å². The molecule has 0 spiro atoms. The topological polar surface area (TPSA) is 45.4 Å². The predicted molar refractivity (Wildman–Crippen MR) is 75.3 cm³/mol. The minimum absolute atomic E-state index is 0.385. The maximum absolute atomic E-state index is 10.5. The lowest BCUT2D eigenvalue weighted by Gasteiger charge is -2.40. The summed E-state index contributed by atoms with van der Waals surface area (Å²) in [4.78, 5) is 0. The third-order valence-electron chi connectivity index (χ3n) is 3.96. The van der Waals surface area contributed by atoms with Crippen LogP contribution in [0.25, 0.3) is 0 Å². The third-order valence-corrected chi connectivity index (χ3v) is 4.67. The SMILES string of the molecule is CC1(C)CCC(O)(CNCc2occc2Br)CC1. The van der Waals surface area contributed by atoms with Crippen molar-refractivity contribution < 1.29 is 9.52 Å². The maximum atomic E-state index is 10.5. The summed E-state index contributed by atoms with van der Waals surface area (Å²) in [5, 5.41) is 13.8. The van der Waals surface area contributed by atoms with Crippen molar-refractivity contribution in [3.8, 4) is 0 Å². The second-order valence-electron chi connectivity index (χ2n) is 6.18. The Morgan fingerprint density at radius 1 is 1.33 bits per heavy atom. The third kappa shape index (κ3) is 3.59. The molecular formula is C14H22BrNO2. The second kappa shape index (κ2) is 5.35. The summed E-state index contributed by atoms with van der Waals surface area (Å²) in [6, 6.07) is 1.88. The zero-order valence-electron chi connectivity index (χ0n) is 11.1. The van der Waals surface area contributed by atoms with Crippen LogP contribution >= 0.6 is 15.9 Å². The molecule has 2 N–H and O–H groups in total. The van der Waals surface area contributed by atoms with Crippen molar-refractivity contribution in [1.82, 2.24) is 5.32 Å². The van der Waals surface area contributed by atoms with Gasteiger partial charge in [0.05, 0.1) is 22.9 Å². The summed E-state index contributed by atoms with van der Waals surface area (Å²) in [6.45, 7) is 5.84. The van der Waals surface area contributed by atoms with Gasteiger partial charge in [0, 0.05) is 6.54 Å². The van der Waals surface area contributed by atoms with Crippen LogP contribution in [-0.4, -0.2) is 17.3 Å². The number of aliphatic hydroxyl groups is 1. The van der Waals surface area contributed by atoms with E-state index in [0.29, 0.717) is 18.5 Å². The van der Waals surface area contributed by atoms with Crippen LogP contribution in [0.15, 0.2) is 21.2 Å². The van der Waals surface area contributed by atoms with Crippen molar-refractivity contribution in [3.63, 3.8) is 0 Å². The van der Waals surface area contributed by atoms with Crippen LogP contribution in [0.4, 0.5) is 0 Å². The zero-order chi connectivity index (χ0) is 13.2. The Balaban J connectivity index is 1.78. The van der Waals surface area contributed by atoms with Gasteiger partial charge in [0.1, 0.15) is 5.76 Å². The Bertz CT molecular complexity index is 390. The van der Waals surface area contributed by atoms with Gasteiger partial charge in [-0.05, 0) is 53.1 Å². The van der Waals surface area contributed by atoms with Gasteiger partial charge in [-0.25, -0.2) is 0 Å². The summed E-state index contributed by atoms with van der Waals surface area (Å²) >= 11 is 3.42. The molecule has 0 atom stereocenters. The Labute approximate surface area is 117 Å². The highest BCUT2D eigenvalue weighted by Crippen LogP contribution is 2.39. The molecule has 0 radical (unpaired) electrons. The largest absolute Gasteiger partial charge is 0.467 e. The van der Waals surface area contributed by atoms with E-state index in [9.17, 15) is 5.11 Å². The molecule has 1 aromatic rings. The van der Waals surface area contributed by atoms with Gasteiger partial charge in [-0.15, -0.1) is 0 Å². The fraction of sp³-hybridized carbons (Fsp3) is 0.714. The molecule has 0 amide bonds. The van der Waals surface area contributed by atoms with Crippen molar-refractivity contribution in [2.45, 2.75) is 51.7 Å². The predicted octanol–water partition coefficient (Wildman–Crippen LogP) is 3.46. The molecular weight excluding hydrogens is 294 g/mol. The number of rotatable bonds is 4. The Kier molecular flexibility index (Phi) is 4.19. The summed E-state index contributed by atoms with van der Waals surface area (Å²) < 4.78 is 6.31. The van der Waals surface area contributed by atoms with Crippen LogP contribution in [0.2, 0.25) is 0 Å². The Hall–Kier alpha value is -0.320. The molecule has 0 unspecified atom stereocenters.